The number of carboxylic acids is 1. The topological polar surface area (TPSA) is 97.5 Å². The van der Waals surface area contributed by atoms with Crippen LogP contribution in [0.2, 0.25) is 0 Å². The number of carbonyl (C=O) groups excluding carboxylic acids is 1. The van der Waals surface area contributed by atoms with Crippen LogP contribution in [0.4, 0.5) is 0 Å². The molecular formula is C5H9NO4S. The molecule has 0 aliphatic heterocycles. The Morgan fingerprint density at radius 1 is 1.45 bits per heavy atom. The summed E-state index contributed by atoms with van der Waals surface area (Å²) in [6.07, 6.45) is -0.195. The van der Waals surface area contributed by atoms with Crippen LogP contribution < -0.4 is 5.73 Å². The highest BCUT2D eigenvalue weighted by Gasteiger charge is 2.05. The number of amides is 1. The monoisotopic (exact) mass is 179 g/mol. The van der Waals surface area contributed by atoms with Gasteiger partial charge in [-0.3, -0.25) is 13.8 Å². The Bertz CT molecular complexity index is 191. The van der Waals surface area contributed by atoms with Gasteiger partial charge in [-0.2, -0.15) is 0 Å². The number of carboxylic acid groups (broad SMARTS) is 1. The number of carbonyl (C=O) groups is 2. The smallest absolute Gasteiger partial charge is 0.304 e. The highest BCUT2D eigenvalue weighted by molar-refractivity contribution is 7.85. The Balaban J connectivity index is 3.53. The summed E-state index contributed by atoms with van der Waals surface area (Å²) in [6, 6.07) is 0. The number of primary amides is 1. The van der Waals surface area contributed by atoms with Gasteiger partial charge >= 0.3 is 5.97 Å². The Morgan fingerprint density at radius 2 is 2.00 bits per heavy atom. The lowest BCUT2D eigenvalue weighted by molar-refractivity contribution is -0.136. The second-order valence-corrected chi connectivity index (χ2v) is 3.47. The molecule has 0 aliphatic carbocycles. The van der Waals surface area contributed by atoms with Crippen molar-refractivity contribution in [1.82, 2.24) is 0 Å². The summed E-state index contributed by atoms with van der Waals surface area (Å²) in [5.74, 6) is -1.97. The second-order valence-electron chi connectivity index (χ2n) is 1.90. The van der Waals surface area contributed by atoms with Gasteiger partial charge in [0.25, 0.3) is 0 Å². The fourth-order valence-electron chi connectivity index (χ4n) is 0.432. The summed E-state index contributed by atoms with van der Waals surface area (Å²) in [7, 11) is -1.43. The zero-order chi connectivity index (χ0) is 8.85. The summed E-state index contributed by atoms with van der Waals surface area (Å²) in [5, 5.41) is 8.15. The van der Waals surface area contributed by atoms with Gasteiger partial charge in [0.15, 0.2) is 0 Å². The molecule has 0 aromatic carbocycles. The van der Waals surface area contributed by atoms with Crippen LogP contribution in [0, 0.1) is 0 Å². The first-order valence-corrected chi connectivity index (χ1v) is 4.36. The molecule has 1 atom stereocenters. The van der Waals surface area contributed by atoms with Crippen molar-refractivity contribution in [2.24, 2.45) is 5.73 Å². The lowest BCUT2D eigenvalue weighted by atomic mass is 10.5. The van der Waals surface area contributed by atoms with Gasteiger partial charge < -0.3 is 10.8 Å². The third-order valence-corrected chi connectivity index (χ3v) is 2.11. The van der Waals surface area contributed by atoms with Crippen molar-refractivity contribution in [3.8, 4) is 0 Å². The zero-order valence-electron chi connectivity index (χ0n) is 5.78. The molecule has 5 nitrogen and oxygen atoms in total. The number of hydrogen-bond donors (Lipinski definition) is 2. The number of aliphatic carboxylic acids is 1. The lowest BCUT2D eigenvalue weighted by Crippen LogP contribution is -2.21. The van der Waals surface area contributed by atoms with Crippen LogP contribution in [0.1, 0.15) is 6.42 Å². The Hall–Kier alpha value is -0.910. The molecule has 0 fully saturated rings. The van der Waals surface area contributed by atoms with E-state index in [0.717, 1.165) is 0 Å². The molecule has 0 radical (unpaired) electrons. The average molecular weight is 179 g/mol. The molecule has 0 aromatic rings. The fraction of sp³-hybridized carbons (Fsp3) is 0.600. The van der Waals surface area contributed by atoms with Gasteiger partial charge in [-0.25, -0.2) is 0 Å². The summed E-state index contributed by atoms with van der Waals surface area (Å²) >= 11 is 0. The van der Waals surface area contributed by atoms with E-state index >= 15 is 0 Å². The van der Waals surface area contributed by atoms with E-state index in [4.69, 9.17) is 10.8 Å². The molecule has 1 amide bonds. The second kappa shape index (κ2) is 4.84. The van der Waals surface area contributed by atoms with Crippen molar-refractivity contribution >= 4 is 22.7 Å². The van der Waals surface area contributed by atoms with Crippen molar-refractivity contribution in [2.75, 3.05) is 11.5 Å². The van der Waals surface area contributed by atoms with Crippen LogP contribution in [0.25, 0.3) is 0 Å². The first-order chi connectivity index (χ1) is 5.02. The Morgan fingerprint density at radius 3 is 2.36 bits per heavy atom. The minimum atomic E-state index is -1.43. The number of hydrogen-bond acceptors (Lipinski definition) is 3. The SMILES string of the molecule is NC(=O)CS(=O)CCC(=O)O. The maximum Gasteiger partial charge on any atom is 0.304 e. The van der Waals surface area contributed by atoms with Crippen LogP contribution >= 0.6 is 0 Å². The first-order valence-electron chi connectivity index (χ1n) is 2.87. The highest BCUT2D eigenvalue weighted by atomic mass is 32.2. The molecule has 0 rings (SSSR count). The van der Waals surface area contributed by atoms with Crippen molar-refractivity contribution in [3.63, 3.8) is 0 Å². The highest BCUT2D eigenvalue weighted by Crippen LogP contribution is 1.87. The fourth-order valence-corrected chi connectivity index (χ4v) is 1.30. The molecule has 6 heteroatoms. The molecule has 0 aliphatic rings. The normalized spacial score (nSPS) is 12.4. The van der Waals surface area contributed by atoms with Gasteiger partial charge in [-0.1, -0.05) is 0 Å². The molecule has 0 heterocycles. The van der Waals surface area contributed by atoms with Gasteiger partial charge in [0.1, 0.15) is 5.75 Å². The van der Waals surface area contributed by atoms with Crippen molar-refractivity contribution in [3.05, 3.63) is 0 Å². The third-order valence-electron chi connectivity index (χ3n) is 0.847. The predicted octanol–water partition coefficient (Wildman–Crippen LogP) is -1.30. The van der Waals surface area contributed by atoms with E-state index in [2.05, 4.69) is 0 Å². The standard InChI is InChI=1S/C5H9NO4S/c6-4(7)3-11(10)2-1-5(8)9/h1-3H2,(H2,6,7)(H,8,9). The van der Waals surface area contributed by atoms with Gasteiger partial charge in [0.05, 0.1) is 6.42 Å². The zero-order valence-corrected chi connectivity index (χ0v) is 6.60. The third kappa shape index (κ3) is 6.98. The maximum atomic E-state index is 10.7. The summed E-state index contributed by atoms with van der Waals surface area (Å²) < 4.78 is 10.7. The molecule has 0 spiro atoms. The minimum absolute atomic E-state index is 0.0156. The quantitative estimate of drug-likeness (QED) is 0.547. The maximum absolute atomic E-state index is 10.7. The van der Waals surface area contributed by atoms with Crippen molar-refractivity contribution in [2.45, 2.75) is 6.42 Å². The van der Waals surface area contributed by atoms with E-state index in [-0.39, 0.29) is 17.9 Å². The molecular weight excluding hydrogens is 170 g/mol. The van der Waals surface area contributed by atoms with E-state index in [0.29, 0.717) is 0 Å². The minimum Gasteiger partial charge on any atom is -0.481 e. The van der Waals surface area contributed by atoms with Gasteiger partial charge in [0, 0.05) is 16.6 Å². The van der Waals surface area contributed by atoms with E-state index in [1.54, 1.807) is 0 Å². The molecule has 3 N–H and O–H groups in total. The molecule has 64 valence electrons. The van der Waals surface area contributed by atoms with E-state index in [9.17, 15) is 13.8 Å². The predicted molar refractivity (Wildman–Crippen MR) is 39.3 cm³/mol. The van der Waals surface area contributed by atoms with Crippen LogP contribution in [-0.2, 0) is 20.4 Å². The summed E-state index contributed by atoms with van der Waals surface area (Å²) in [6.45, 7) is 0. The first kappa shape index (κ1) is 10.1. The molecule has 0 bridgehead atoms. The molecule has 1 unspecified atom stereocenters. The number of rotatable bonds is 5. The van der Waals surface area contributed by atoms with Gasteiger partial charge in [0.2, 0.25) is 5.91 Å². The van der Waals surface area contributed by atoms with E-state index in [1.165, 1.54) is 0 Å². The van der Waals surface area contributed by atoms with Crippen LogP contribution in [0.3, 0.4) is 0 Å². The Labute approximate surface area is 66.0 Å². The van der Waals surface area contributed by atoms with E-state index < -0.39 is 22.7 Å². The average Bonchev–Trinajstić information content (AvgIpc) is 1.82. The Kier molecular flexibility index (Phi) is 4.44. The van der Waals surface area contributed by atoms with Crippen molar-refractivity contribution in [1.29, 1.82) is 0 Å². The number of nitrogens with two attached hydrogens (primary N) is 1. The van der Waals surface area contributed by atoms with Crippen LogP contribution in [0.5, 0.6) is 0 Å². The van der Waals surface area contributed by atoms with Gasteiger partial charge in [-0.15, -0.1) is 0 Å². The largest absolute Gasteiger partial charge is 0.481 e. The molecule has 0 aromatic heterocycles. The van der Waals surface area contributed by atoms with Crippen LogP contribution in [-0.4, -0.2) is 32.7 Å². The summed E-state index contributed by atoms with van der Waals surface area (Å²) in [4.78, 5) is 20.1. The molecule has 0 saturated heterocycles. The summed E-state index contributed by atoms with van der Waals surface area (Å²) in [5.41, 5.74) is 4.72. The van der Waals surface area contributed by atoms with Crippen molar-refractivity contribution < 1.29 is 18.9 Å². The molecule has 11 heavy (non-hydrogen) atoms. The van der Waals surface area contributed by atoms with Gasteiger partial charge in [-0.05, 0) is 0 Å². The lowest BCUT2D eigenvalue weighted by Gasteiger charge is -1.94. The molecule has 0 saturated carbocycles. The van der Waals surface area contributed by atoms with E-state index in [1.807, 2.05) is 0 Å². The van der Waals surface area contributed by atoms with Crippen LogP contribution in [0.15, 0.2) is 0 Å².